The molecule has 0 saturated carbocycles. The van der Waals surface area contributed by atoms with Crippen LogP contribution in [0.4, 0.5) is 5.95 Å². The Balaban J connectivity index is 2.30. The molecule has 88 valence electrons. The van der Waals surface area contributed by atoms with E-state index in [4.69, 9.17) is 23.2 Å². The summed E-state index contributed by atoms with van der Waals surface area (Å²) in [5, 5.41) is 16.1. The lowest BCUT2D eigenvalue weighted by atomic mass is 10.2. The van der Waals surface area contributed by atoms with Gasteiger partial charge >= 0.3 is 0 Å². The van der Waals surface area contributed by atoms with Gasteiger partial charge in [0.25, 0.3) is 0 Å². The van der Waals surface area contributed by atoms with Crippen LogP contribution in [0.2, 0.25) is 10.0 Å². The van der Waals surface area contributed by atoms with Crippen LogP contribution in [0.3, 0.4) is 0 Å². The molecule has 1 heterocycles. The maximum atomic E-state index is 10.1. The summed E-state index contributed by atoms with van der Waals surface area (Å²) in [5.74, 6) is 0.0697. The number of benzene rings is 1. The van der Waals surface area contributed by atoms with Gasteiger partial charge in [0, 0.05) is 5.56 Å². The van der Waals surface area contributed by atoms with Crippen LogP contribution in [0, 0.1) is 10.1 Å². The average molecular weight is 273 g/mol. The van der Waals surface area contributed by atoms with E-state index in [0.29, 0.717) is 15.6 Å². The molecule has 0 amide bonds. The van der Waals surface area contributed by atoms with E-state index >= 15 is 0 Å². The lowest BCUT2D eigenvalue weighted by Crippen LogP contribution is -1.87. The lowest BCUT2D eigenvalue weighted by molar-refractivity contribution is -0.419. The van der Waals surface area contributed by atoms with Crippen molar-refractivity contribution in [2.45, 2.75) is 0 Å². The Morgan fingerprint density at radius 1 is 1.35 bits per heavy atom. The number of halogens is 2. The third-order valence-electron chi connectivity index (χ3n) is 1.83. The van der Waals surface area contributed by atoms with E-state index in [9.17, 15) is 10.1 Å². The molecular formula is C8H4Cl2N5O2-. The highest BCUT2D eigenvalue weighted by atomic mass is 35.5. The van der Waals surface area contributed by atoms with Gasteiger partial charge in [0.1, 0.15) is 11.0 Å². The van der Waals surface area contributed by atoms with Crippen molar-refractivity contribution in [1.82, 2.24) is 15.2 Å². The molecule has 0 radical (unpaired) electrons. The fraction of sp³-hybridized carbons (Fsp3) is 0. The van der Waals surface area contributed by atoms with Gasteiger partial charge in [-0.15, -0.1) is 0 Å². The number of hydrogen-bond acceptors (Lipinski definition) is 4. The van der Waals surface area contributed by atoms with E-state index in [0.717, 1.165) is 0 Å². The first-order valence-corrected chi connectivity index (χ1v) is 5.06. The van der Waals surface area contributed by atoms with E-state index in [2.05, 4.69) is 20.6 Å². The van der Waals surface area contributed by atoms with E-state index in [-0.39, 0.29) is 11.8 Å². The second-order valence-corrected chi connectivity index (χ2v) is 3.76. The molecule has 1 N–H and O–H groups in total. The first-order chi connectivity index (χ1) is 8.06. The van der Waals surface area contributed by atoms with Crippen LogP contribution in [0.1, 0.15) is 0 Å². The van der Waals surface area contributed by atoms with E-state index in [1.165, 1.54) is 0 Å². The second kappa shape index (κ2) is 4.56. The van der Waals surface area contributed by atoms with Gasteiger partial charge in [-0.05, 0) is 12.1 Å². The van der Waals surface area contributed by atoms with Gasteiger partial charge in [0.2, 0.25) is 0 Å². The molecule has 0 atom stereocenters. The van der Waals surface area contributed by atoms with Crippen LogP contribution in [-0.2, 0) is 0 Å². The van der Waals surface area contributed by atoms with E-state index in [1.807, 2.05) is 0 Å². The summed E-state index contributed by atoms with van der Waals surface area (Å²) in [5.41, 5.74) is 3.56. The van der Waals surface area contributed by atoms with E-state index in [1.54, 1.807) is 18.2 Å². The monoisotopic (exact) mass is 272 g/mol. The molecule has 0 aliphatic carbocycles. The Hall–Kier alpha value is -1.86. The number of aromatic nitrogens is 3. The van der Waals surface area contributed by atoms with Crippen molar-refractivity contribution in [2.75, 3.05) is 0 Å². The van der Waals surface area contributed by atoms with Crippen LogP contribution in [-0.4, -0.2) is 20.2 Å². The number of H-pyrrole nitrogens is 1. The van der Waals surface area contributed by atoms with E-state index < -0.39 is 5.03 Å². The molecule has 17 heavy (non-hydrogen) atoms. The molecule has 9 heteroatoms. The summed E-state index contributed by atoms with van der Waals surface area (Å²) in [4.78, 5) is 13.9. The summed E-state index contributed by atoms with van der Waals surface area (Å²) in [7, 11) is 0. The number of nitrogens with zero attached hydrogens (tertiary/aromatic N) is 4. The fourth-order valence-electron chi connectivity index (χ4n) is 1.14. The third-order valence-corrected chi connectivity index (χ3v) is 2.57. The minimum Gasteiger partial charge on any atom is -0.337 e. The number of nitrogens with one attached hydrogen (secondary N) is 1. The van der Waals surface area contributed by atoms with Crippen molar-refractivity contribution in [3.05, 3.63) is 43.8 Å². The Morgan fingerprint density at radius 2 is 2.12 bits per heavy atom. The maximum absolute atomic E-state index is 10.1. The van der Waals surface area contributed by atoms with Crippen LogP contribution >= 0.6 is 23.2 Å². The molecule has 2 rings (SSSR count). The number of nitro groups is 1. The molecule has 0 fully saturated rings. The Morgan fingerprint density at radius 3 is 2.76 bits per heavy atom. The highest BCUT2D eigenvalue weighted by Gasteiger charge is 2.04. The smallest absolute Gasteiger partial charge is 0.125 e. The molecule has 2 aromatic rings. The molecule has 0 spiro atoms. The predicted molar refractivity (Wildman–Crippen MR) is 61.9 cm³/mol. The molecule has 0 unspecified atom stereocenters. The summed E-state index contributed by atoms with van der Waals surface area (Å²) in [6.07, 6.45) is 0. The molecule has 1 aromatic carbocycles. The van der Waals surface area contributed by atoms with Crippen molar-refractivity contribution in [2.24, 2.45) is 0 Å². The van der Waals surface area contributed by atoms with Gasteiger partial charge in [-0.1, -0.05) is 34.7 Å². The van der Waals surface area contributed by atoms with Crippen LogP contribution in [0.5, 0.6) is 0 Å². The first kappa shape index (κ1) is 11.6. The maximum Gasteiger partial charge on any atom is 0.125 e. The van der Waals surface area contributed by atoms with Gasteiger partial charge in [-0.25, -0.2) is 15.2 Å². The predicted octanol–water partition coefficient (Wildman–Crippen LogP) is 2.98. The van der Waals surface area contributed by atoms with Crippen molar-refractivity contribution in [3.63, 3.8) is 0 Å². The third kappa shape index (κ3) is 2.63. The molecular weight excluding hydrogens is 269 g/mol. The zero-order valence-electron chi connectivity index (χ0n) is 8.09. The minimum atomic E-state index is -0.862. The zero-order chi connectivity index (χ0) is 12.4. The Bertz CT molecular complexity index is 571. The second-order valence-electron chi connectivity index (χ2n) is 2.95. The van der Waals surface area contributed by atoms with Crippen molar-refractivity contribution < 1.29 is 5.03 Å². The molecule has 0 bridgehead atoms. The molecule has 1 aromatic heterocycles. The average Bonchev–Trinajstić information content (AvgIpc) is 2.69. The summed E-state index contributed by atoms with van der Waals surface area (Å²) in [6.45, 7) is 0. The van der Waals surface area contributed by atoms with Crippen LogP contribution < -0.4 is 0 Å². The summed E-state index contributed by atoms with van der Waals surface area (Å²) in [6, 6.07) is 4.79. The van der Waals surface area contributed by atoms with Crippen LogP contribution in [0.15, 0.2) is 18.2 Å². The Labute approximate surface area is 105 Å². The largest absolute Gasteiger partial charge is 0.337 e. The normalized spacial score (nSPS) is 10.2. The van der Waals surface area contributed by atoms with Crippen molar-refractivity contribution in [1.29, 1.82) is 0 Å². The SMILES string of the molecule is O=[N+]([O-])[N-]c1nc(-c2ccc(Cl)c(Cl)c2)n[nH]1. The molecule has 0 saturated heterocycles. The molecule has 0 aliphatic heterocycles. The first-order valence-electron chi connectivity index (χ1n) is 4.30. The van der Waals surface area contributed by atoms with Gasteiger partial charge in [0.05, 0.1) is 15.9 Å². The Kier molecular flexibility index (Phi) is 3.12. The van der Waals surface area contributed by atoms with Crippen LogP contribution in [0.25, 0.3) is 16.8 Å². The van der Waals surface area contributed by atoms with Gasteiger partial charge in [-0.2, -0.15) is 0 Å². The van der Waals surface area contributed by atoms with Gasteiger partial charge in [-0.3, -0.25) is 0 Å². The van der Waals surface area contributed by atoms with Gasteiger partial charge < -0.3 is 10.1 Å². The molecule has 7 nitrogen and oxygen atoms in total. The number of aromatic amines is 1. The number of rotatable bonds is 3. The standard InChI is InChI=1S/C8H4Cl2N5O2/c9-5-2-1-4(3-6(5)10)7-11-8(13-12-7)14-15(16)17/h1-3H,(H-,11,12,13,14)/q-1. The zero-order valence-corrected chi connectivity index (χ0v) is 9.61. The summed E-state index contributed by atoms with van der Waals surface area (Å²) >= 11 is 11.6. The molecule has 0 aliphatic rings. The highest BCUT2D eigenvalue weighted by Crippen LogP contribution is 2.27. The fourth-order valence-corrected chi connectivity index (χ4v) is 1.44. The van der Waals surface area contributed by atoms with Crippen molar-refractivity contribution in [3.8, 4) is 11.4 Å². The topological polar surface area (TPSA) is 98.8 Å². The lowest BCUT2D eigenvalue weighted by Gasteiger charge is -2.00. The summed E-state index contributed by atoms with van der Waals surface area (Å²) < 4.78 is 0. The van der Waals surface area contributed by atoms with Crippen molar-refractivity contribution >= 4 is 29.2 Å². The minimum absolute atomic E-state index is 0.184. The number of hydrogen-bond donors (Lipinski definition) is 1. The highest BCUT2D eigenvalue weighted by molar-refractivity contribution is 6.42. The quantitative estimate of drug-likeness (QED) is 0.686. The van der Waals surface area contributed by atoms with Gasteiger partial charge in [0.15, 0.2) is 0 Å².